The molecule has 1 aromatic carbocycles. The molecule has 1 atom stereocenters. The second-order valence-corrected chi connectivity index (χ2v) is 8.49. The molecule has 0 saturated carbocycles. The van der Waals surface area contributed by atoms with E-state index in [1.54, 1.807) is 0 Å². The van der Waals surface area contributed by atoms with Gasteiger partial charge in [-0.2, -0.15) is 0 Å². The molecule has 30 heavy (non-hydrogen) atoms. The summed E-state index contributed by atoms with van der Waals surface area (Å²) in [5.41, 5.74) is 2.01. The summed E-state index contributed by atoms with van der Waals surface area (Å²) in [6, 6.07) is 8.27. The summed E-state index contributed by atoms with van der Waals surface area (Å²) in [5, 5.41) is 6.14. The number of urea groups is 1. The molecule has 3 amide bonds. The van der Waals surface area contributed by atoms with Crippen molar-refractivity contribution in [2.24, 2.45) is 0 Å². The van der Waals surface area contributed by atoms with E-state index >= 15 is 0 Å². The first-order chi connectivity index (χ1) is 14.6. The van der Waals surface area contributed by atoms with Crippen molar-refractivity contribution < 1.29 is 9.59 Å². The van der Waals surface area contributed by atoms with Crippen LogP contribution in [-0.4, -0.2) is 73.6 Å². The van der Waals surface area contributed by atoms with Crippen LogP contribution < -0.4 is 15.5 Å². The summed E-state index contributed by atoms with van der Waals surface area (Å²) < 4.78 is 0. The minimum Gasteiger partial charge on any atom is -0.370 e. The number of carbonyl (C=O) groups is 2. The smallest absolute Gasteiger partial charge is 0.321 e. The summed E-state index contributed by atoms with van der Waals surface area (Å²) in [6.45, 7) is 9.27. The highest BCUT2D eigenvalue weighted by atomic mass is 16.2. The van der Waals surface area contributed by atoms with Crippen LogP contribution >= 0.6 is 0 Å². The van der Waals surface area contributed by atoms with Crippen LogP contribution in [0.2, 0.25) is 0 Å². The van der Waals surface area contributed by atoms with Crippen LogP contribution in [0.5, 0.6) is 0 Å². The van der Waals surface area contributed by atoms with Crippen molar-refractivity contribution in [3.63, 3.8) is 0 Å². The molecule has 2 N–H and O–H groups in total. The zero-order valence-electron chi connectivity index (χ0n) is 18.5. The molecule has 2 aliphatic rings. The molecule has 166 valence electrons. The van der Waals surface area contributed by atoms with E-state index in [9.17, 15) is 9.59 Å². The second kappa shape index (κ2) is 11.2. The number of amides is 3. The SMILES string of the molecule is CCC(C)NC(=O)CN1CCN(C(=O)Nc2ccccc2N2CCCCCC2)CC1. The maximum atomic E-state index is 12.9. The molecule has 2 fully saturated rings. The van der Waals surface area contributed by atoms with Crippen molar-refractivity contribution in [3.05, 3.63) is 24.3 Å². The number of nitrogens with one attached hydrogen (secondary N) is 2. The van der Waals surface area contributed by atoms with E-state index in [0.29, 0.717) is 19.6 Å². The van der Waals surface area contributed by atoms with Crippen molar-refractivity contribution in [2.75, 3.05) is 56.0 Å². The van der Waals surface area contributed by atoms with Crippen molar-refractivity contribution in [2.45, 2.75) is 52.0 Å². The van der Waals surface area contributed by atoms with Gasteiger partial charge in [0.2, 0.25) is 5.91 Å². The summed E-state index contributed by atoms with van der Waals surface area (Å²) in [5.74, 6) is 0.0635. The van der Waals surface area contributed by atoms with Gasteiger partial charge in [0, 0.05) is 45.3 Å². The average Bonchev–Trinajstić information content (AvgIpc) is 3.04. The molecular weight excluding hydrogens is 378 g/mol. The van der Waals surface area contributed by atoms with E-state index in [1.807, 2.05) is 30.0 Å². The summed E-state index contributed by atoms with van der Waals surface area (Å²) in [4.78, 5) is 31.3. The first kappa shape index (κ1) is 22.4. The number of benzene rings is 1. The van der Waals surface area contributed by atoms with Gasteiger partial charge >= 0.3 is 6.03 Å². The van der Waals surface area contributed by atoms with Crippen LogP contribution in [0.1, 0.15) is 46.0 Å². The van der Waals surface area contributed by atoms with Gasteiger partial charge in [0.1, 0.15) is 0 Å². The fraction of sp³-hybridized carbons (Fsp3) is 0.652. The fourth-order valence-corrected chi connectivity index (χ4v) is 4.10. The molecule has 0 aromatic heterocycles. The number of nitrogens with zero attached hydrogens (tertiary/aromatic N) is 3. The number of carbonyl (C=O) groups excluding carboxylic acids is 2. The fourth-order valence-electron chi connectivity index (χ4n) is 4.10. The van der Waals surface area contributed by atoms with Gasteiger partial charge in [-0.15, -0.1) is 0 Å². The van der Waals surface area contributed by atoms with Crippen LogP contribution in [0.15, 0.2) is 24.3 Å². The predicted molar refractivity (Wildman–Crippen MR) is 122 cm³/mol. The van der Waals surface area contributed by atoms with Gasteiger partial charge < -0.3 is 20.4 Å². The number of anilines is 2. The summed E-state index contributed by atoms with van der Waals surface area (Å²) in [6.07, 6.45) is 5.90. The first-order valence-electron chi connectivity index (χ1n) is 11.5. The van der Waals surface area contributed by atoms with Crippen molar-refractivity contribution in [1.29, 1.82) is 0 Å². The molecular formula is C23H37N5O2. The van der Waals surface area contributed by atoms with Gasteiger partial charge in [-0.1, -0.05) is 31.9 Å². The quantitative estimate of drug-likeness (QED) is 0.749. The molecule has 1 unspecified atom stereocenters. The zero-order valence-corrected chi connectivity index (χ0v) is 18.5. The Kier molecular flexibility index (Phi) is 8.37. The Labute approximate surface area is 180 Å². The molecule has 0 aliphatic carbocycles. The van der Waals surface area contributed by atoms with Crippen molar-refractivity contribution >= 4 is 23.3 Å². The predicted octanol–water partition coefficient (Wildman–Crippen LogP) is 3.13. The van der Waals surface area contributed by atoms with E-state index < -0.39 is 0 Å². The Bertz CT molecular complexity index is 695. The lowest BCUT2D eigenvalue weighted by Gasteiger charge is -2.35. The van der Waals surface area contributed by atoms with Crippen LogP contribution in [-0.2, 0) is 4.79 Å². The topological polar surface area (TPSA) is 67.9 Å². The molecule has 0 radical (unpaired) electrons. The number of hydrogen-bond acceptors (Lipinski definition) is 4. The van der Waals surface area contributed by atoms with Crippen LogP contribution in [0, 0.1) is 0 Å². The minimum atomic E-state index is -0.0546. The highest BCUT2D eigenvalue weighted by Crippen LogP contribution is 2.28. The maximum Gasteiger partial charge on any atom is 0.321 e. The van der Waals surface area contributed by atoms with E-state index in [2.05, 4.69) is 33.4 Å². The summed E-state index contributed by atoms with van der Waals surface area (Å²) >= 11 is 0. The zero-order chi connectivity index (χ0) is 21.3. The normalized spacial score (nSPS) is 19.1. The van der Waals surface area contributed by atoms with Gasteiger partial charge in [-0.05, 0) is 38.3 Å². The lowest BCUT2D eigenvalue weighted by Crippen LogP contribution is -2.52. The molecule has 0 bridgehead atoms. The van der Waals surface area contributed by atoms with E-state index in [4.69, 9.17) is 0 Å². The second-order valence-electron chi connectivity index (χ2n) is 8.49. The van der Waals surface area contributed by atoms with Crippen LogP contribution in [0.4, 0.5) is 16.2 Å². The first-order valence-corrected chi connectivity index (χ1v) is 11.5. The minimum absolute atomic E-state index is 0.0546. The van der Waals surface area contributed by atoms with Gasteiger partial charge in [-0.25, -0.2) is 4.79 Å². The van der Waals surface area contributed by atoms with Crippen molar-refractivity contribution in [1.82, 2.24) is 15.1 Å². The lowest BCUT2D eigenvalue weighted by atomic mass is 10.2. The number of hydrogen-bond donors (Lipinski definition) is 2. The van der Waals surface area contributed by atoms with Crippen LogP contribution in [0.3, 0.4) is 0 Å². The molecule has 2 saturated heterocycles. The monoisotopic (exact) mass is 415 g/mol. The highest BCUT2D eigenvalue weighted by molar-refractivity contribution is 5.93. The highest BCUT2D eigenvalue weighted by Gasteiger charge is 2.24. The van der Waals surface area contributed by atoms with E-state index in [-0.39, 0.29) is 18.0 Å². The molecule has 1 aromatic rings. The molecule has 3 rings (SSSR count). The number of piperazine rings is 1. The third-order valence-electron chi connectivity index (χ3n) is 6.14. The Hall–Kier alpha value is -2.28. The largest absolute Gasteiger partial charge is 0.370 e. The molecule has 2 heterocycles. The van der Waals surface area contributed by atoms with Crippen molar-refractivity contribution in [3.8, 4) is 0 Å². The third kappa shape index (κ3) is 6.36. The Morgan fingerprint density at radius 3 is 2.30 bits per heavy atom. The van der Waals surface area contributed by atoms with Crippen LogP contribution in [0.25, 0.3) is 0 Å². The standard InChI is InChI=1S/C23H37N5O2/c1-3-19(2)24-22(29)18-26-14-16-28(17-15-26)23(30)25-20-10-6-7-11-21(20)27-12-8-4-5-9-13-27/h6-7,10-11,19H,3-5,8-9,12-18H2,1-2H3,(H,24,29)(H,25,30). The van der Waals surface area contributed by atoms with Gasteiger partial charge in [0.15, 0.2) is 0 Å². The molecule has 0 spiro atoms. The third-order valence-corrected chi connectivity index (χ3v) is 6.14. The Morgan fingerprint density at radius 1 is 0.967 bits per heavy atom. The number of rotatable bonds is 6. The lowest BCUT2D eigenvalue weighted by molar-refractivity contribution is -0.123. The van der Waals surface area contributed by atoms with Gasteiger partial charge in [0.05, 0.1) is 17.9 Å². The number of para-hydroxylation sites is 2. The Balaban J connectivity index is 1.51. The van der Waals surface area contributed by atoms with Gasteiger partial charge in [0.25, 0.3) is 0 Å². The summed E-state index contributed by atoms with van der Waals surface area (Å²) in [7, 11) is 0. The van der Waals surface area contributed by atoms with E-state index in [1.165, 1.54) is 25.7 Å². The molecule has 2 aliphatic heterocycles. The van der Waals surface area contributed by atoms with E-state index in [0.717, 1.165) is 44.0 Å². The maximum absolute atomic E-state index is 12.9. The van der Waals surface area contributed by atoms with Gasteiger partial charge in [-0.3, -0.25) is 9.69 Å². The molecule has 7 nitrogen and oxygen atoms in total. The molecule has 7 heteroatoms. The average molecular weight is 416 g/mol. The Morgan fingerprint density at radius 2 is 1.63 bits per heavy atom.